The Morgan fingerprint density at radius 1 is 1.19 bits per heavy atom. The molecule has 2 aromatic carbocycles. The topological polar surface area (TPSA) is 108 Å². The van der Waals surface area contributed by atoms with Crippen molar-refractivity contribution in [1.29, 1.82) is 5.26 Å². The van der Waals surface area contributed by atoms with Crippen LogP contribution in [0, 0.1) is 11.3 Å². The van der Waals surface area contributed by atoms with Gasteiger partial charge in [-0.25, -0.2) is 9.97 Å². The highest BCUT2D eigenvalue weighted by molar-refractivity contribution is 7.99. The number of allylic oxidation sites excluding steroid dienone is 1. The van der Waals surface area contributed by atoms with Crippen LogP contribution < -0.4 is 5.56 Å². The van der Waals surface area contributed by atoms with Crippen LogP contribution in [0.15, 0.2) is 58.2 Å². The molecule has 4 rings (SSSR count). The quantitative estimate of drug-likeness (QED) is 0.175. The van der Waals surface area contributed by atoms with Crippen molar-refractivity contribution in [2.75, 3.05) is 0 Å². The Hall–Kier alpha value is -3.28. The van der Waals surface area contributed by atoms with Crippen molar-refractivity contribution in [3.05, 3.63) is 69.4 Å². The monoisotopic (exact) mass is 465 g/mol. The average Bonchev–Trinajstić information content (AvgIpc) is 3.17. The second-order valence-corrected chi connectivity index (χ2v) is 9.30. The molecule has 9 heteroatoms. The molecule has 1 atom stereocenters. The van der Waals surface area contributed by atoms with Gasteiger partial charge in [0, 0.05) is 11.1 Å². The van der Waals surface area contributed by atoms with Gasteiger partial charge in [0.2, 0.25) is 0 Å². The number of aliphatic hydroxyl groups excluding tert-OH is 1. The molecule has 7 nitrogen and oxygen atoms in total. The Kier molecular flexibility index (Phi) is 5.96. The smallest absolute Gasteiger partial charge is 0.262 e. The predicted octanol–water partition coefficient (Wildman–Crippen LogP) is 5.48. The Balaban J connectivity index is 1.78. The van der Waals surface area contributed by atoms with Gasteiger partial charge in [-0.3, -0.25) is 9.36 Å². The summed E-state index contributed by atoms with van der Waals surface area (Å²) < 4.78 is 1.58. The van der Waals surface area contributed by atoms with Crippen LogP contribution in [0.5, 0.6) is 0 Å². The van der Waals surface area contributed by atoms with Crippen LogP contribution in [0.1, 0.15) is 32.6 Å². The highest BCUT2D eigenvalue weighted by atomic mass is 35.5. The first-order valence-electron chi connectivity index (χ1n) is 9.97. The van der Waals surface area contributed by atoms with Crippen LogP contribution in [-0.4, -0.2) is 29.9 Å². The van der Waals surface area contributed by atoms with Crippen LogP contribution in [0.25, 0.3) is 27.5 Å². The molecule has 0 amide bonds. The number of benzene rings is 2. The first kappa shape index (κ1) is 21.9. The number of aromatic nitrogens is 4. The summed E-state index contributed by atoms with van der Waals surface area (Å²) in [5.74, 6) is 0.144. The molecule has 0 aliphatic rings. The molecule has 2 aromatic heterocycles. The number of nitrogens with one attached hydrogen (secondary N) is 1. The van der Waals surface area contributed by atoms with Gasteiger partial charge >= 0.3 is 0 Å². The van der Waals surface area contributed by atoms with E-state index in [1.807, 2.05) is 44.2 Å². The van der Waals surface area contributed by atoms with E-state index in [-0.39, 0.29) is 28.8 Å². The number of rotatable bonds is 5. The van der Waals surface area contributed by atoms with Crippen LogP contribution >= 0.6 is 23.4 Å². The van der Waals surface area contributed by atoms with E-state index in [1.54, 1.807) is 29.7 Å². The maximum absolute atomic E-state index is 13.1. The molecule has 0 spiro atoms. The van der Waals surface area contributed by atoms with Gasteiger partial charge in [-0.1, -0.05) is 35.5 Å². The number of thioether (sulfide) groups is 1. The fourth-order valence-corrected chi connectivity index (χ4v) is 4.68. The summed E-state index contributed by atoms with van der Waals surface area (Å²) in [7, 11) is 0. The first-order chi connectivity index (χ1) is 15.3. The minimum absolute atomic E-state index is 0.0449. The minimum Gasteiger partial charge on any atom is -0.510 e. The summed E-state index contributed by atoms with van der Waals surface area (Å²) in [6.07, 6.45) is 0. The van der Waals surface area contributed by atoms with Gasteiger partial charge in [0.1, 0.15) is 17.4 Å². The van der Waals surface area contributed by atoms with Gasteiger partial charge in [-0.15, -0.1) is 0 Å². The molecule has 2 N–H and O–H groups in total. The number of imidazole rings is 1. The molecule has 32 heavy (non-hydrogen) atoms. The van der Waals surface area contributed by atoms with Gasteiger partial charge in [-0.05, 0) is 51.1 Å². The molecule has 162 valence electrons. The lowest BCUT2D eigenvalue weighted by molar-refractivity contribution is 0.401. The third-order valence-electron chi connectivity index (χ3n) is 5.01. The normalized spacial score (nSPS) is 13.4. The lowest BCUT2D eigenvalue weighted by atomic mass is 10.2. The third-order valence-corrected chi connectivity index (χ3v) is 6.32. The van der Waals surface area contributed by atoms with Gasteiger partial charge < -0.3 is 10.1 Å². The molecule has 4 aromatic rings. The number of nitriles is 1. The Labute approximate surface area is 193 Å². The number of para-hydroxylation sites is 2. The van der Waals surface area contributed by atoms with Crippen molar-refractivity contribution < 1.29 is 5.11 Å². The predicted molar refractivity (Wildman–Crippen MR) is 128 cm³/mol. The second-order valence-electron chi connectivity index (χ2n) is 7.56. The lowest BCUT2D eigenvalue weighted by Gasteiger charge is -2.19. The maximum atomic E-state index is 13.1. The molecule has 1 unspecified atom stereocenters. The molecular weight excluding hydrogens is 446 g/mol. The van der Waals surface area contributed by atoms with Gasteiger partial charge in [0.15, 0.2) is 11.0 Å². The van der Waals surface area contributed by atoms with Crippen LogP contribution in [0.3, 0.4) is 0 Å². The number of hydrogen-bond acceptors (Lipinski definition) is 6. The summed E-state index contributed by atoms with van der Waals surface area (Å²) in [6, 6.07) is 14.2. The molecule has 0 saturated carbocycles. The highest BCUT2D eigenvalue weighted by Crippen LogP contribution is 2.31. The lowest BCUT2D eigenvalue weighted by Crippen LogP contribution is -2.25. The highest BCUT2D eigenvalue weighted by Gasteiger charge is 2.22. The fraction of sp³-hybridized carbons (Fsp3) is 0.217. The van der Waals surface area contributed by atoms with Crippen molar-refractivity contribution >= 4 is 50.9 Å². The summed E-state index contributed by atoms with van der Waals surface area (Å²) >= 11 is 7.29. The van der Waals surface area contributed by atoms with E-state index in [9.17, 15) is 15.2 Å². The summed E-state index contributed by atoms with van der Waals surface area (Å²) in [4.78, 5) is 25.2. The van der Waals surface area contributed by atoms with E-state index in [0.29, 0.717) is 26.6 Å². The largest absolute Gasteiger partial charge is 0.510 e. The van der Waals surface area contributed by atoms with E-state index < -0.39 is 5.25 Å². The molecule has 0 bridgehead atoms. The van der Waals surface area contributed by atoms with Crippen molar-refractivity contribution in [3.8, 4) is 6.07 Å². The zero-order valence-electron chi connectivity index (χ0n) is 17.6. The Morgan fingerprint density at radius 3 is 2.62 bits per heavy atom. The summed E-state index contributed by atoms with van der Waals surface area (Å²) in [6.45, 7) is 5.54. The van der Waals surface area contributed by atoms with Crippen molar-refractivity contribution in [1.82, 2.24) is 19.5 Å². The molecule has 0 aliphatic carbocycles. The number of aliphatic hydroxyl groups is 1. The number of H-pyrrole nitrogens is 1. The molecule has 0 fully saturated rings. The summed E-state index contributed by atoms with van der Waals surface area (Å²) in [5, 5.41) is 21.5. The van der Waals surface area contributed by atoms with Gasteiger partial charge in [-0.2, -0.15) is 5.26 Å². The molecular formula is C23H20ClN5O2S. The first-order valence-corrected chi connectivity index (χ1v) is 11.2. The Bertz CT molecular complexity index is 1430. The number of nitrogens with zero attached hydrogens (tertiary/aromatic N) is 4. The molecule has 2 heterocycles. The van der Waals surface area contributed by atoms with E-state index in [0.717, 1.165) is 5.52 Å². The number of hydrogen-bond donors (Lipinski definition) is 2. The molecule has 0 saturated heterocycles. The number of fused-ring (bicyclic) bond motifs is 2. The van der Waals surface area contributed by atoms with Crippen molar-refractivity contribution in [2.24, 2.45) is 0 Å². The van der Waals surface area contributed by atoms with E-state index in [1.165, 1.54) is 11.8 Å². The van der Waals surface area contributed by atoms with E-state index in [2.05, 4.69) is 15.0 Å². The zero-order chi connectivity index (χ0) is 23.0. The second kappa shape index (κ2) is 8.69. The minimum atomic E-state index is -0.564. The Morgan fingerprint density at radius 2 is 1.94 bits per heavy atom. The van der Waals surface area contributed by atoms with E-state index in [4.69, 9.17) is 11.6 Å². The van der Waals surface area contributed by atoms with Crippen LogP contribution in [0.4, 0.5) is 0 Å². The summed E-state index contributed by atoms with van der Waals surface area (Å²) in [5.41, 5.74) is 1.81. The van der Waals surface area contributed by atoms with Gasteiger partial charge in [0.05, 0.1) is 27.2 Å². The number of aromatic amines is 1. The number of halogens is 1. The standard InChI is InChI=1S/C23H20ClN5O2S/c1-12(2)29-22(31)15-9-8-14(24)10-19(15)28-23(29)32-13(3)20(30)16(11-25)21-26-17-6-4-5-7-18(17)27-21/h4-10,12-13,30H,1-3H3,(H,26,27)/b20-16-. The maximum Gasteiger partial charge on any atom is 0.262 e. The third kappa shape index (κ3) is 3.97. The molecule has 0 aliphatic heterocycles. The average molecular weight is 466 g/mol. The van der Waals surface area contributed by atoms with Crippen LogP contribution in [-0.2, 0) is 0 Å². The van der Waals surface area contributed by atoms with Crippen molar-refractivity contribution in [3.63, 3.8) is 0 Å². The van der Waals surface area contributed by atoms with Crippen molar-refractivity contribution in [2.45, 2.75) is 37.2 Å². The van der Waals surface area contributed by atoms with Gasteiger partial charge in [0.25, 0.3) is 5.56 Å². The zero-order valence-corrected chi connectivity index (χ0v) is 19.2. The van der Waals surface area contributed by atoms with Crippen LogP contribution in [0.2, 0.25) is 5.02 Å². The fourth-order valence-electron chi connectivity index (χ4n) is 3.41. The SMILES string of the molecule is CC(Sc1nc2cc(Cl)ccc2c(=O)n1C(C)C)/C(O)=C(\C#N)c1nc2ccccc2[nH]1. The van der Waals surface area contributed by atoms with E-state index >= 15 is 0 Å². The molecule has 0 radical (unpaired) electrons.